The molecule has 2 N–H and O–H groups in total. The largest absolute Gasteiger partial charge is 0.478 e. The number of alkyl halides is 3. The Kier molecular flexibility index (Phi) is 4.13. The van der Waals surface area contributed by atoms with Crippen LogP contribution in [-0.2, 0) is 6.18 Å². The Hall–Kier alpha value is -1.76. The second-order valence-electron chi connectivity index (χ2n) is 5.41. The molecule has 0 unspecified atom stereocenters. The summed E-state index contributed by atoms with van der Waals surface area (Å²) in [7, 11) is 1.64. The predicted octanol–water partition coefficient (Wildman–Crippen LogP) is 2.61. The lowest BCUT2D eigenvalue weighted by atomic mass is 9.82. The number of hydrogen-bond acceptors (Lipinski definition) is 3. The Balaban J connectivity index is 2.23. The molecule has 0 bridgehead atoms. The number of carboxylic acid groups (broad SMARTS) is 1. The second-order valence-corrected chi connectivity index (χ2v) is 5.41. The molecule has 0 radical (unpaired) electrons. The van der Waals surface area contributed by atoms with Crippen LogP contribution < -0.4 is 4.90 Å². The van der Waals surface area contributed by atoms with Gasteiger partial charge in [-0.15, -0.1) is 0 Å². The van der Waals surface area contributed by atoms with E-state index in [4.69, 9.17) is 5.11 Å². The van der Waals surface area contributed by atoms with E-state index in [1.807, 2.05) is 0 Å². The van der Waals surface area contributed by atoms with E-state index in [1.54, 1.807) is 11.9 Å². The van der Waals surface area contributed by atoms with E-state index >= 15 is 0 Å². The van der Waals surface area contributed by atoms with Crippen molar-refractivity contribution in [3.8, 4) is 0 Å². The van der Waals surface area contributed by atoms with Crippen LogP contribution in [0.3, 0.4) is 0 Å². The summed E-state index contributed by atoms with van der Waals surface area (Å²) in [6.07, 6.45) is -3.63. The quantitative estimate of drug-likeness (QED) is 0.897. The van der Waals surface area contributed by atoms with E-state index < -0.39 is 17.7 Å². The minimum absolute atomic E-state index is 0.230. The van der Waals surface area contributed by atoms with Crippen molar-refractivity contribution in [1.29, 1.82) is 0 Å². The number of aliphatic hydroxyl groups is 1. The highest BCUT2D eigenvalue weighted by atomic mass is 19.4. The van der Waals surface area contributed by atoms with Crippen molar-refractivity contribution >= 4 is 11.7 Å². The van der Waals surface area contributed by atoms with Crippen molar-refractivity contribution in [2.45, 2.75) is 25.1 Å². The fourth-order valence-corrected chi connectivity index (χ4v) is 2.55. The van der Waals surface area contributed by atoms with Crippen molar-refractivity contribution in [2.24, 2.45) is 5.92 Å². The smallest absolute Gasteiger partial charge is 0.416 e. The summed E-state index contributed by atoms with van der Waals surface area (Å²) in [5.74, 6) is -1.16. The second kappa shape index (κ2) is 5.55. The van der Waals surface area contributed by atoms with Gasteiger partial charge in [0.1, 0.15) is 0 Å². The van der Waals surface area contributed by atoms with E-state index in [0.717, 1.165) is 6.07 Å². The van der Waals surface area contributed by atoms with Crippen LogP contribution in [0.25, 0.3) is 0 Å². The SMILES string of the molecule is CN(CC1CC(O)C1)c1ccc(C(F)(F)F)cc1C(=O)O. The monoisotopic (exact) mass is 303 g/mol. The van der Waals surface area contributed by atoms with E-state index in [0.29, 0.717) is 25.5 Å². The molecular weight excluding hydrogens is 287 g/mol. The average Bonchev–Trinajstić information content (AvgIpc) is 2.34. The third-order valence-corrected chi connectivity index (χ3v) is 3.71. The summed E-state index contributed by atoms with van der Waals surface area (Å²) in [6, 6.07) is 2.72. The molecule has 2 rings (SSSR count). The van der Waals surface area contributed by atoms with Crippen LogP contribution in [0.15, 0.2) is 18.2 Å². The molecule has 1 saturated carbocycles. The van der Waals surface area contributed by atoms with Gasteiger partial charge in [0, 0.05) is 13.6 Å². The molecule has 1 aromatic carbocycles. The number of hydrogen-bond donors (Lipinski definition) is 2. The molecule has 0 aromatic heterocycles. The molecule has 1 aromatic rings. The standard InChI is InChI=1S/C14H16F3NO3/c1-18(7-8-4-10(19)5-8)12-3-2-9(14(15,16)17)6-11(12)13(20)21/h2-3,6,8,10,19H,4-5,7H2,1H3,(H,20,21). The lowest BCUT2D eigenvalue weighted by Gasteiger charge is -2.35. The fourth-order valence-electron chi connectivity index (χ4n) is 2.55. The molecule has 7 heteroatoms. The Morgan fingerprint density at radius 1 is 1.38 bits per heavy atom. The van der Waals surface area contributed by atoms with Crippen molar-refractivity contribution in [3.05, 3.63) is 29.3 Å². The van der Waals surface area contributed by atoms with Gasteiger partial charge < -0.3 is 15.1 Å². The first-order chi connectivity index (χ1) is 9.68. The predicted molar refractivity (Wildman–Crippen MR) is 70.4 cm³/mol. The average molecular weight is 303 g/mol. The third-order valence-electron chi connectivity index (χ3n) is 3.71. The summed E-state index contributed by atoms with van der Waals surface area (Å²) < 4.78 is 37.9. The third kappa shape index (κ3) is 3.47. The van der Waals surface area contributed by atoms with Gasteiger partial charge in [-0.25, -0.2) is 4.79 Å². The highest BCUT2D eigenvalue weighted by molar-refractivity contribution is 5.94. The van der Waals surface area contributed by atoms with Gasteiger partial charge in [0.15, 0.2) is 0 Å². The van der Waals surface area contributed by atoms with Gasteiger partial charge in [0.2, 0.25) is 0 Å². The number of carbonyl (C=O) groups is 1. The summed E-state index contributed by atoms with van der Waals surface area (Å²) in [5, 5.41) is 18.4. The molecule has 0 saturated heterocycles. The number of benzene rings is 1. The number of carboxylic acids is 1. The molecule has 116 valence electrons. The minimum Gasteiger partial charge on any atom is -0.478 e. The molecule has 1 fully saturated rings. The molecule has 0 heterocycles. The Bertz CT molecular complexity index is 539. The van der Waals surface area contributed by atoms with Crippen molar-refractivity contribution in [3.63, 3.8) is 0 Å². The maximum absolute atomic E-state index is 12.6. The van der Waals surface area contributed by atoms with Crippen molar-refractivity contribution in [1.82, 2.24) is 0 Å². The summed E-state index contributed by atoms with van der Waals surface area (Å²) in [4.78, 5) is 12.8. The maximum Gasteiger partial charge on any atom is 0.416 e. The van der Waals surface area contributed by atoms with E-state index in [2.05, 4.69) is 0 Å². The van der Waals surface area contributed by atoms with Crippen LogP contribution in [0, 0.1) is 5.92 Å². The lowest BCUT2D eigenvalue weighted by Crippen LogP contribution is -2.37. The van der Waals surface area contributed by atoms with Crippen LogP contribution in [0.5, 0.6) is 0 Å². The zero-order valence-corrected chi connectivity index (χ0v) is 11.4. The molecule has 4 nitrogen and oxygen atoms in total. The number of nitrogens with zero attached hydrogens (tertiary/aromatic N) is 1. The first-order valence-corrected chi connectivity index (χ1v) is 6.52. The highest BCUT2D eigenvalue weighted by Crippen LogP contribution is 2.34. The Morgan fingerprint density at radius 2 is 2.00 bits per heavy atom. The van der Waals surface area contributed by atoms with Crippen LogP contribution >= 0.6 is 0 Å². The van der Waals surface area contributed by atoms with E-state index in [9.17, 15) is 23.1 Å². The van der Waals surface area contributed by atoms with Gasteiger partial charge in [-0.05, 0) is 37.0 Å². The number of halogens is 3. The van der Waals surface area contributed by atoms with Crippen molar-refractivity contribution < 1.29 is 28.2 Å². The maximum atomic E-state index is 12.6. The number of rotatable bonds is 4. The summed E-state index contributed by atoms with van der Waals surface area (Å²) in [6.45, 7) is 0.503. The van der Waals surface area contributed by atoms with Gasteiger partial charge in [0.05, 0.1) is 22.9 Å². The first kappa shape index (κ1) is 15.6. The van der Waals surface area contributed by atoms with Crippen molar-refractivity contribution in [2.75, 3.05) is 18.5 Å². The Morgan fingerprint density at radius 3 is 2.48 bits per heavy atom. The molecule has 0 amide bonds. The van der Waals surface area contributed by atoms with Gasteiger partial charge in [-0.2, -0.15) is 13.2 Å². The summed E-state index contributed by atoms with van der Waals surface area (Å²) in [5.41, 5.74) is -1.10. The molecule has 0 atom stereocenters. The normalized spacial score (nSPS) is 21.8. The molecule has 0 spiro atoms. The van der Waals surface area contributed by atoms with Gasteiger partial charge in [-0.3, -0.25) is 0 Å². The fraction of sp³-hybridized carbons (Fsp3) is 0.500. The molecule has 1 aliphatic rings. The van der Waals surface area contributed by atoms with Crippen LogP contribution in [0.2, 0.25) is 0 Å². The van der Waals surface area contributed by atoms with Gasteiger partial charge >= 0.3 is 12.1 Å². The number of aromatic carboxylic acids is 1. The molecular formula is C14H16F3NO3. The molecule has 21 heavy (non-hydrogen) atoms. The number of anilines is 1. The first-order valence-electron chi connectivity index (χ1n) is 6.52. The Labute approximate surface area is 119 Å². The van der Waals surface area contributed by atoms with Gasteiger partial charge in [-0.1, -0.05) is 0 Å². The topological polar surface area (TPSA) is 60.8 Å². The van der Waals surface area contributed by atoms with Crippen LogP contribution in [0.1, 0.15) is 28.8 Å². The lowest BCUT2D eigenvalue weighted by molar-refractivity contribution is -0.137. The molecule has 1 aliphatic carbocycles. The van der Waals surface area contributed by atoms with Crippen LogP contribution in [0.4, 0.5) is 18.9 Å². The highest BCUT2D eigenvalue weighted by Gasteiger charge is 2.33. The van der Waals surface area contributed by atoms with Gasteiger partial charge in [0.25, 0.3) is 0 Å². The molecule has 0 aliphatic heterocycles. The van der Waals surface area contributed by atoms with E-state index in [1.165, 1.54) is 6.07 Å². The minimum atomic E-state index is -4.57. The van der Waals surface area contributed by atoms with E-state index in [-0.39, 0.29) is 23.3 Å². The summed E-state index contributed by atoms with van der Waals surface area (Å²) >= 11 is 0. The van der Waals surface area contributed by atoms with Crippen LogP contribution in [-0.4, -0.2) is 35.9 Å². The zero-order valence-electron chi connectivity index (χ0n) is 11.4. The zero-order chi connectivity index (χ0) is 15.8. The number of aliphatic hydroxyl groups excluding tert-OH is 1.